The summed E-state index contributed by atoms with van der Waals surface area (Å²) >= 11 is 0. The number of halogens is 1. The Labute approximate surface area is 176 Å². The summed E-state index contributed by atoms with van der Waals surface area (Å²) < 4.78 is 14.7. The quantitative estimate of drug-likeness (QED) is 0.805. The average Bonchev–Trinajstić information content (AvgIpc) is 3.07. The van der Waals surface area contributed by atoms with Crippen molar-refractivity contribution in [2.75, 3.05) is 19.6 Å². The molecule has 3 amide bonds. The van der Waals surface area contributed by atoms with Crippen LogP contribution in [0, 0.1) is 11.7 Å². The molecule has 1 aromatic heterocycles. The van der Waals surface area contributed by atoms with Crippen LogP contribution in [-0.4, -0.2) is 51.8 Å². The molecule has 1 aliphatic rings. The molecular formula is C22H30FN5O2. The number of piperidine rings is 1. The smallest absolute Gasteiger partial charge is 0.317 e. The first-order valence-corrected chi connectivity index (χ1v) is 10.3. The summed E-state index contributed by atoms with van der Waals surface area (Å²) in [4.78, 5) is 26.7. The summed E-state index contributed by atoms with van der Waals surface area (Å²) in [5, 5.41) is 10.3. The fraction of sp³-hybridized carbons (Fsp3) is 0.500. The van der Waals surface area contributed by atoms with Crippen LogP contribution in [0.25, 0.3) is 11.3 Å². The normalized spacial score (nSPS) is 15.2. The summed E-state index contributed by atoms with van der Waals surface area (Å²) in [5.41, 5.74) is 1.58. The van der Waals surface area contributed by atoms with E-state index < -0.39 is 0 Å². The molecule has 1 aromatic carbocycles. The van der Waals surface area contributed by atoms with Gasteiger partial charge in [0.05, 0.1) is 5.69 Å². The van der Waals surface area contributed by atoms with E-state index in [0.29, 0.717) is 36.9 Å². The van der Waals surface area contributed by atoms with Gasteiger partial charge >= 0.3 is 6.03 Å². The zero-order valence-electron chi connectivity index (χ0n) is 18.0. The highest BCUT2D eigenvalue weighted by Gasteiger charge is 2.25. The fourth-order valence-electron chi connectivity index (χ4n) is 3.51. The molecule has 30 heavy (non-hydrogen) atoms. The van der Waals surface area contributed by atoms with Crippen LogP contribution in [0.15, 0.2) is 30.3 Å². The first kappa shape index (κ1) is 21.8. The predicted molar refractivity (Wildman–Crippen MR) is 114 cm³/mol. The van der Waals surface area contributed by atoms with Crippen molar-refractivity contribution in [2.45, 2.75) is 39.2 Å². The summed E-state index contributed by atoms with van der Waals surface area (Å²) in [5.74, 6) is -0.168. The number of amides is 3. The van der Waals surface area contributed by atoms with Crippen molar-refractivity contribution >= 4 is 11.9 Å². The highest BCUT2D eigenvalue weighted by atomic mass is 19.1. The van der Waals surface area contributed by atoms with Crippen molar-refractivity contribution in [1.82, 2.24) is 25.3 Å². The van der Waals surface area contributed by atoms with Gasteiger partial charge in [0.2, 0.25) is 0 Å². The number of nitrogens with one attached hydrogen (secondary N) is 2. The Kier molecular flexibility index (Phi) is 6.43. The van der Waals surface area contributed by atoms with E-state index in [2.05, 4.69) is 15.7 Å². The third-order valence-corrected chi connectivity index (χ3v) is 5.19. The monoisotopic (exact) mass is 415 g/mol. The molecule has 2 aromatic rings. The highest BCUT2D eigenvalue weighted by Crippen LogP contribution is 2.20. The fourth-order valence-corrected chi connectivity index (χ4v) is 3.51. The number of likely N-dealkylation sites (tertiary alicyclic amines) is 1. The second-order valence-electron chi connectivity index (χ2n) is 8.87. The molecule has 0 spiro atoms. The van der Waals surface area contributed by atoms with Gasteiger partial charge < -0.3 is 15.5 Å². The van der Waals surface area contributed by atoms with Crippen LogP contribution in [-0.2, 0) is 7.05 Å². The van der Waals surface area contributed by atoms with Crippen LogP contribution in [0.1, 0.15) is 44.1 Å². The van der Waals surface area contributed by atoms with E-state index in [-0.39, 0.29) is 23.3 Å². The minimum Gasteiger partial charge on any atom is -0.350 e. The van der Waals surface area contributed by atoms with Crippen LogP contribution < -0.4 is 10.6 Å². The van der Waals surface area contributed by atoms with Crippen LogP contribution in [0.4, 0.5) is 9.18 Å². The van der Waals surface area contributed by atoms with Gasteiger partial charge in [0.1, 0.15) is 11.5 Å². The molecule has 162 valence electrons. The molecule has 0 unspecified atom stereocenters. The standard InChI is InChI=1S/C22H30FN5O2/c1-22(2,3)25-21(30)28-11-9-15(10-12-28)14-24-20(29)19-13-18(26-27(19)4)16-5-7-17(23)8-6-16/h5-8,13,15H,9-12,14H2,1-4H3,(H,24,29)(H,25,30). The second-order valence-corrected chi connectivity index (χ2v) is 8.87. The number of nitrogens with zero attached hydrogens (tertiary/aromatic N) is 3. The van der Waals surface area contributed by atoms with Gasteiger partial charge in [0.15, 0.2) is 0 Å². The Morgan fingerprint density at radius 3 is 2.40 bits per heavy atom. The molecule has 0 radical (unpaired) electrons. The SMILES string of the molecule is Cn1nc(-c2ccc(F)cc2)cc1C(=O)NCC1CCN(C(=O)NC(C)(C)C)CC1. The Morgan fingerprint density at radius 2 is 1.80 bits per heavy atom. The summed E-state index contributed by atoms with van der Waals surface area (Å²) in [7, 11) is 1.72. The molecule has 2 heterocycles. The number of hydrogen-bond donors (Lipinski definition) is 2. The summed E-state index contributed by atoms with van der Waals surface area (Å²) in [6.07, 6.45) is 1.70. The number of carbonyl (C=O) groups excluding carboxylic acids is 2. The van der Waals surface area contributed by atoms with E-state index in [4.69, 9.17) is 0 Å². The molecule has 8 heteroatoms. The third-order valence-electron chi connectivity index (χ3n) is 5.19. The topological polar surface area (TPSA) is 79.3 Å². The Morgan fingerprint density at radius 1 is 1.17 bits per heavy atom. The van der Waals surface area contributed by atoms with Crippen molar-refractivity contribution in [3.05, 3.63) is 41.8 Å². The number of urea groups is 1. The lowest BCUT2D eigenvalue weighted by atomic mass is 9.97. The van der Waals surface area contributed by atoms with Crippen molar-refractivity contribution < 1.29 is 14.0 Å². The average molecular weight is 416 g/mol. The number of aromatic nitrogens is 2. The highest BCUT2D eigenvalue weighted by molar-refractivity contribution is 5.93. The maximum absolute atomic E-state index is 13.1. The molecule has 3 rings (SSSR count). The van der Waals surface area contributed by atoms with Gasteiger partial charge in [-0.3, -0.25) is 9.48 Å². The van der Waals surface area contributed by atoms with E-state index in [1.165, 1.54) is 16.8 Å². The van der Waals surface area contributed by atoms with E-state index in [9.17, 15) is 14.0 Å². The third kappa shape index (κ3) is 5.58. The minimum atomic E-state index is -0.311. The Balaban J connectivity index is 1.51. The lowest BCUT2D eigenvalue weighted by Crippen LogP contribution is -2.51. The molecule has 1 fully saturated rings. The van der Waals surface area contributed by atoms with Crippen molar-refractivity contribution in [1.29, 1.82) is 0 Å². The maximum atomic E-state index is 13.1. The largest absolute Gasteiger partial charge is 0.350 e. The number of carbonyl (C=O) groups is 2. The van der Waals surface area contributed by atoms with Crippen LogP contribution in [0.5, 0.6) is 0 Å². The molecular weight excluding hydrogens is 385 g/mol. The Hall–Kier alpha value is -2.90. The molecule has 0 bridgehead atoms. The lowest BCUT2D eigenvalue weighted by Gasteiger charge is -2.34. The molecule has 0 atom stereocenters. The van der Waals surface area contributed by atoms with Gasteiger partial charge in [-0.25, -0.2) is 9.18 Å². The Bertz CT molecular complexity index is 893. The maximum Gasteiger partial charge on any atom is 0.317 e. The molecule has 2 N–H and O–H groups in total. The lowest BCUT2D eigenvalue weighted by molar-refractivity contribution is 0.0927. The van der Waals surface area contributed by atoms with Gasteiger partial charge in [-0.1, -0.05) is 0 Å². The molecule has 1 saturated heterocycles. The number of rotatable bonds is 4. The van der Waals surface area contributed by atoms with Gasteiger partial charge in [0, 0.05) is 37.8 Å². The van der Waals surface area contributed by atoms with Crippen LogP contribution in [0.2, 0.25) is 0 Å². The van der Waals surface area contributed by atoms with Crippen molar-refractivity contribution in [2.24, 2.45) is 13.0 Å². The van der Waals surface area contributed by atoms with Crippen molar-refractivity contribution in [3.8, 4) is 11.3 Å². The zero-order chi connectivity index (χ0) is 21.9. The van der Waals surface area contributed by atoms with E-state index in [0.717, 1.165) is 18.4 Å². The first-order chi connectivity index (χ1) is 14.1. The van der Waals surface area contributed by atoms with Crippen molar-refractivity contribution in [3.63, 3.8) is 0 Å². The molecule has 0 aliphatic carbocycles. The van der Waals surface area contributed by atoms with Gasteiger partial charge in [-0.2, -0.15) is 5.10 Å². The first-order valence-electron chi connectivity index (χ1n) is 10.3. The number of benzene rings is 1. The predicted octanol–water partition coefficient (Wildman–Crippen LogP) is 3.18. The van der Waals surface area contributed by atoms with E-state index >= 15 is 0 Å². The van der Waals surface area contributed by atoms with Gasteiger partial charge in [-0.05, 0) is 69.9 Å². The molecule has 7 nitrogen and oxygen atoms in total. The summed E-state index contributed by atoms with van der Waals surface area (Å²) in [6, 6.07) is 7.71. The molecule has 0 saturated carbocycles. The molecule has 1 aliphatic heterocycles. The second kappa shape index (κ2) is 8.85. The minimum absolute atomic E-state index is 0.0341. The number of hydrogen-bond acceptors (Lipinski definition) is 3. The van der Waals surface area contributed by atoms with Crippen LogP contribution >= 0.6 is 0 Å². The van der Waals surface area contributed by atoms with E-state index in [1.807, 2.05) is 25.7 Å². The zero-order valence-corrected chi connectivity index (χ0v) is 18.0. The van der Waals surface area contributed by atoms with Gasteiger partial charge in [-0.15, -0.1) is 0 Å². The van der Waals surface area contributed by atoms with Gasteiger partial charge in [0.25, 0.3) is 5.91 Å². The number of aryl methyl sites for hydroxylation is 1. The van der Waals surface area contributed by atoms with Crippen LogP contribution in [0.3, 0.4) is 0 Å². The van der Waals surface area contributed by atoms with E-state index in [1.54, 1.807) is 25.2 Å². The summed E-state index contributed by atoms with van der Waals surface area (Å²) in [6.45, 7) is 7.82.